The van der Waals surface area contributed by atoms with Crippen LogP contribution in [0.25, 0.3) is 0 Å². The summed E-state index contributed by atoms with van der Waals surface area (Å²) in [5.41, 5.74) is -0.437. The molecule has 11 heteroatoms. The van der Waals surface area contributed by atoms with Gasteiger partial charge in [-0.25, -0.2) is 9.59 Å². The predicted molar refractivity (Wildman–Crippen MR) is 99.7 cm³/mol. The second-order valence-corrected chi connectivity index (χ2v) is 6.25. The highest BCUT2D eigenvalue weighted by Crippen LogP contribution is 2.27. The molecule has 1 saturated heterocycles. The Morgan fingerprint density at radius 3 is 2.52 bits per heavy atom. The first-order chi connectivity index (χ1) is 13.8. The van der Waals surface area contributed by atoms with E-state index in [9.17, 15) is 24.5 Å². The number of nitro benzene ring substituents is 1. The summed E-state index contributed by atoms with van der Waals surface area (Å²) in [6.07, 6.45) is 0.742. The molecule has 0 aromatic heterocycles. The van der Waals surface area contributed by atoms with Crippen molar-refractivity contribution in [2.45, 2.75) is 25.8 Å². The molecule has 0 atom stereocenters. The number of esters is 1. The average Bonchev–Trinajstić information content (AvgIpc) is 2.72. The summed E-state index contributed by atoms with van der Waals surface area (Å²) >= 11 is 0. The van der Waals surface area contributed by atoms with Crippen molar-refractivity contribution in [2.24, 2.45) is 0 Å². The molecule has 0 radical (unpaired) electrons. The molecule has 0 aliphatic carbocycles. The quantitative estimate of drug-likeness (QED) is 0.406. The number of amides is 2. The summed E-state index contributed by atoms with van der Waals surface area (Å²) in [6, 6.07) is 3.49. The monoisotopic (exact) mass is 409 g/mol. The van der Waals surface area contributed by atoms with Crippen LogP contribution in [0, 0.1) is 10.1 Å². The van der Waals surface area contributed by atoms with E-state index in [2.05, 4.69) is 5.32 Å². The number of ether oxygens (including phenoxy) is 3. The second-order valence-electron chi connectivity index (χ2n) is 6.25. The molecule has 0 spiro atoms. The summed E-state index contributed by atoms with van der Waals surface area (Å²) < 4.78 is 14.7. The van der Waals surface area contributed by atoms with E-state index in [0.29, 0.717) is 32.5 Å². The molecule has 1 aliphatic rings. The predicted octanol–water partition coefficient (Wildman–Crippen LogP) is 1.50. The van der Waals surface area contributed by atoms with Gasteiger partial charge in [0.2, 0.25) is 0 Å². The number of hydrogen-bond donors (Lipinski definition) is 1. The number of rotatable bonds is 7. The van der Waals surface area contributed by atoms with Gasteiger partial charge in [-0.05, 0) is 31.9 Å². The number of benzene rings is 1. The molecule has 1 aromatic rings. The van der Waals surface area contributed by atoms with Gasteiger partial charge in [0.25, 0.3) is 5.91 Å². The molecule has 1 N–H and O–H groups in total. The molecular weight excluding hydrogens is 386 g/mol. The van der Waals surface area contributed by atoms with Crippen LogP contribution < -0.4 is 10.1 Å². The van der Waals surface area contributed by atoms with Crippen molar-refractivity contribution in [3.63, 3.8) is 0 Å². The lowest BCUT2D eigenvalue weighted by Crippen LogP contribution is -2.47. The highest BCUT2D eigenvalue weighted by atomic mass is 16.6. The molecule has 1 heterocycles. The molecule has 1 aromatic carbocycles. The third-order valence-corrected chi connectivity index (χ3v) is 4.33. The maximum absolute atomic E-state index is 12.1. The van der Waals surface area contributed by atoms with Gasteiger partial charge in [0.05, 0.1) is 24.2 Å². The number of hydrogen-bond acceptors (Lipinski definition) is 8. The van der Waals surface area contributed by atoms with Crippen LogP contribution in [-0.4, -0.2) is 67.2 Å². The molecule has 158 valence electrons. The van der Waals surface area contributed by atoms with E-state index >= 15 is 0 Å². The van der Waals surface area contributed by atoms with Crippen LogP contribution in [0.2, 0.25) is 0 Å². The van der Waals surface area contributed by atoms with E-state index in [4.69, 9.17) is 14.2 Å². The molecule has 0 saturated carbocycles. The molecule has 29 heavy (non-hydrogen) atoms. The van der Waals surface area contributed by atoms with Crippen LogP contribution in [0.15, 0.2) is 18.2 Å². The highest BCUT2D eigenvalue weighted by molar-refractivity contribution is 5.92. The molecule has 1 fully saturated rings. The van der Waals surface area contributed by atoms with Crippen molar-refractivity contribution in [1.29, 1.82) is 0 Å². The summed E-state index contributed by atoms with van der Waals surface area (Å²) in [5, 5.41) is 13.8. The first-order valence-electron chi connectivity index (χ1n) is 9.06. The maximum Gasteiger partial charge on any atom is 0.409 e. The summed E-state index contributed by atoms with van der Waals surface area (Å²) in [4.78, 5) is 47.7. The Balaban J connectivity index is 1.81. The Labute approximate surface area is 167 Å². The Hall–Kier alpha value is -3.37. The lowest BCUT2D eigenvalue weighted by atomic mass is 10.1. The van der Waals surface area contributed by atoms with E-state index in [0.717, 1.165) is 6.07 Å². The van der Waals surface area contributed by atoms with Crippen LogP contribution in [0.1, 0.15) is 30.1 Å². The van der Waals surface area contributed by atoms with Crippen molar-refractivity contribution in [2.75, 3.05) is 33.4 Å². The van der Waals surface area contributed by atoms with Gasteiger partial charge >= 0.3 is 17.7 Å². The van der Waals surface area contributed by atoms with Crippen LogP contribution in [0.5, 0.6) is 5.75 Å². The molecule has 0 bridgehead atoms. The minimum atomic E-state index is -0.858. The molecular formula is C18H23N3O8. The number of nitrogens with zero attached hydrogens (tertiary/aromatic N) is 2. The Kier molecular flexibility index (Phi) is 7.75. The standard InChI is InChI=1S/C18H23N3O8/c1-3-28-18(24)20-8-6-13(7-9-20)19-16(22)11-29-17(23)12-4-5-15(27-2)14(10-12)21(25)26/h4-5,10,13H,3,6-9,11H2,1-2H3,(H,19,22). The molecule has 2 rings (SSSR count). The number of nitro groups is 1. The van der Waals surface area contributed by atoms with Crippen LogP contribution in [0.3, 0.4) is 0 Å². The fraction of sp³-hybridized carbons (Fsp3) is 0.500. The second kappa shape index (κ2) is 10.2. The number of piperidine rings is 1. The summed E-state index contributed by atoms with van der Waals surface area (Å²) in [7, 11) is 1.28. The van der Waals surface area contributed by atoms with E-state index in [1.807, 2.05) is 0 Å². The largest absolute Gasteiger partial charge is 0.490 e. The van der Waals surface area contributed by atoms with Crippen molar-refractivity contribution in [1.82, 2.24) is 10.2 Å². The lowest BCUT2D eigenvalue weighted by molar-refractivity contribution is -0.385. The van der Waals surface area contributed by atoms with Gasteiger partial charge in [-0.15, -0.1) is 0 Å². The van der Waals surface area contributed by atoms with Gasteiger partial charge in [0.1, 0.15) is 0 Å². The van der Waals surface area contributed by atoms with E-state index in [1.165, 1.54) is 19.2 Å². The Morgan fingerprint density at radius 1 is 1.24 bits per heavy atom. The van der Waals surface area contributed by atoms with Gasteiger partial charge in [0, 0.05) is 25.2 Å². The van der Waals surface area contributed by atoms with E-state index < -0.39 is 23.4 Å². The van der Waals surface area contributed by atoms with E-state index in [1.54, 1.807) is 11.8 Å². The van der Waals surface area contributed by atoms with Crippen molar-refractivity contribution >= 4 is 23.7 Å². The Bertz CT molecular complexity index is 774. The third kappa shape index (κ3) is 6.06. The summed E-state index contributed by atoms with van der Waals surface area (Å²) in [5.74, 6) is -1.34. The number of carbonyl (C=O) groups is 3. The highest BCUT2D eigenvalue weighted by Gasteiger charge is 2.25. The van der Waals surface area contributed by atoms with Crippen LogP contribution in [-0.2, 0) is 14.3 Å². The fourth-order valence-electron chi connectivity index (χ4n) is 2.86. The number of methoxy groups -OCH3 is 1. The topological polar surface area (TPSA) is 137 Å². The maximum atomic E-state index is 12.1. The third-order valence-electron chi connectivity index (χ3n) is 4.33. The SMILES string of the molecule is CCOC(=O)N1CCC(NC(=O)COC(=O)c2ccc(OC)c([N+](=O)[O-])c2)CC1. The zero-order valence-corrected chi connectivity index (χ0v) is 16.2. The lowest BCUT2D eigenvalue weighted by Gasteiger charge is -2.31. The van der Waals surface area contributed by atoms with Crippen LogP contribution in [0.4, 0.5) is 10.5 Å². The molecule has 2 amide bonds. The average molecular weight is 409 g/mol. The first-order valence-corrected chi connectivity index (χ1v) is 9.06. The fourth-order valence-corrected chi connectivity index (χ4v) is 2.86. The Morgan fingerprint density at radius 2 is 1.93 bits per heavy atom. The zero-order valence-electron chi connectivity index (χ0n) is 16.2. The van der Waals surface area contributed by atoms with Gasteiger partial charge in [-0.3, -0.25) is 14.9 Å². The minimum Gasteiger partial charge on any atom is -0.490 e. The van der Waals surface area contributed by atoms with Gasteiger partial charge < -0.3 is 24.4 Å². The molecule has 0 unspecified atom stereocenters. The molecule has 1 aliphatic heterocycles. The van der Waals surface area contributed by atoms with Crippen molar-refractivity contribution < 1.29 is 33.5 Å². The van der Waals surface area contributed by atoms with Gasteiger partial charge in [0.15, 0.2) is 12.4 Å². The number of carbonyl (C=O) groups excluding carboxylic acids is 3. The first kappa shape index (κ1) is 21.9. The van der Waals surface area contributed by atoms with Crippen molar-refractivity contribution in [3.8, 4) is 5.75 Å². The number of likely N-dealkylation sites (tertiary alicyclic amines) is 1. The smallest absolute Gasteiger partial charge is 0.409 e. The normalized spacial score (nSPS) is 14.1. The van der Waals surface area contributed by atoms with Crippen LogP contribution >= 0.6 is 0 Å². The van der Waals surface area contributed by atoms with E-state index in [-0.39, 0.29) is 29.1 Å². The zero-order chi connectivity index (χ0) is 21.4. The number of nitrogens with one attached hydrogen (secondary N) is 1. The summed E-state index contributed by atoms with van der Waals surface area (Å²) in [6.45, 7) is 2.43. The minimum absolute atomic E-state index is 0.0125. The van der Waals surface area contributed by atoms with Gasteiger partial charge in [-0.1, -0.05) is 0 Å². The van der Waals surface area contributed by atoms with Crippen molar-refractivity contribution in [3.05, 3.63) is 33.9 Å². The van der Waals surface area contributed by atoms with Gasteiger partial charge in [-0.2, -0.15) is 0 Å². The molecule has 11 nitrogen and oxygen atoms in total.